The molecule has 0 spiro atoms. The van der Waals surface area contributed by atoms with E-state index in [2.05, 4.69) is 10.3 Å². The van der Waals surface area contributed by atoms with Gasteiger partial charge in [-0.2, -0.15) is 26.3 Å². The van der Waals surface area contributed by atoms with Crippen LogP contribution in [0.5, 0.6) is 11.5 Å². The number of thioether (sulfide) groups is 1. The highest BCUT2D eigenvalue weighted by molar-refractivity contribution is 8.18. The Morgan fingerprint density at radius 2 is 1.79 bits per heavy atom. The highest BCUT2D eigenvalue weighted by Gasteiger charge is 2.38. The molecular weight excluding hydrogens is 485 g/mol. The lowest BCUT2D eigenvalue weighted by Gasteiger charge is -2.18. The van der Waals surface area contributed by atoms with Crippen LogP contribution in [0.15, 0.2) is 40.2 Å². The van der Waals surface area contributed by atoms with E-state index in [-0.39, 0.29) is 28.3 Å². The van der Waals surface area contributed by atoms with Crippen molar-refractivity contribution in [2.24, 2.45) is 4.99 Å². The summed E-state index contributed by atoms with van der Waals surface area (Å²) in [5, 5.41) is 2.22. The Labute approximate surface area is 195 Å². The third-order valence-electron chi connectivity index (χ3n) is 4.66. The maximum absolute atomic E-state index is 13.4. The summed E-state index contributed by atoms with van der Waals surface area (Å²) in [7, 11) is 8.83. The smallest absolute Gasteiger partial charge is 0.416 e. The van der Waals surface area contributed by atoms with Crippen molar-refractivity contribution in [3.63, 3.8) is 0 Å². The van der Waals surface area contributed by atoms with Crippen molar-refractivity contribution in [1.29, 1.82) is 0 Å². The maximum atomic E-state index is 13.4. The molecule has 2 radical (unpaired) electrons. The maximum Gasteiger partial charge on any atom is 0.416 e. The molecule has 3 rings (SSSR count). The molecule has 0 saturated carbocycles. The van der Waals surface area contributed by atoms with Crippen LogP contribution in [0.2, 0.25) is 0 Å². The summed E-state index contributed by atoms with van der Waals surface area (Å²) >= 11 is 0.900. The lowest BCUT2D eigenvalue weighted by atomic mass is 9.89. The Hall–Kier alpha value is -3.09. The number of nitrogens with one attached hydrogen (secondary N) is 1. The minimum Gasteiger partial charge on any atom is -0.493 e. The molecule has 5 nitrogen and oxygen atoms in total. The Morgan fingerprint density at radius 3 is 2.38 bits per heavy atom. The van der Waals surface area contributed by atoms with E-state index in [1.54, 1.807) is 6.08 Å². The van der Waals surface area contributed by atoms with Crippen LogP contribution in [0.1, 0.15) is 22.3 Å². The van der Waals surface area contributed by atoms with Gasteiger partial charge >= 0.3 is 12.4 Å². The van der Waals surface area contributed by atoms with E-state index in [1.807, 2.05) is 0 Å². The number of nitrogens with zero attached hydrogens (tertiary/aromatic N) is 1. The van der Waals surface area contributed by atoms with E-state index >= 15 is 0 Å². The number of carbonyl (C=O) groups is 1. The zero-order valence-corrected chi connectivity index (χ0v) is 18.4. The summed E-state index contributed by atoms with van der Waals surface area (Å²) in [5.41, 5.74) is -2.80. The van der Waals surface area contributed by atoms with Crippen LogP contribution in [0.25, 0.3) is 6.08 Å². The average molecular weight is 500 g/mol. The van der Waals surface area contributed by atoms with Gasteiger partial charge < -0.3 is 14.8 Å². The molecule has 0 aromatic heterocycles. The normalized spacial score (nSPS) is 16.8. The van der Waals surface area contributed by atoms with Crippen molar-refractivity contribution in [2.75, 3.05) is 14.2 Å². The van der Waals surface area contributed by atoms with Crippen molar-refractivity contribution in [2.45, 2.75) is 19.0 Å². The van der Waals surface area contributed by atoms with Crippen LogP contribution >= 0.6 is 11.8 Å². The van der Waals surface area contributed by atoms with Gasteiger partial charge in [-0.25, -0.2) is 0 Å². The first kappa shape index (κ1) is 25.5. The SMILES string of the molecule is [B]c1cc(OCc2ccc(C(F)(F)F)cc2C(F)(F)F)c(OC)cc1/C=C1\SC(=O)NC1=NC. The Morgan fingerprint density at radius 1 is 1.09 bits per heavy atom. The summed E-state index contributed by atoms with van der Waals surface area (Å²) in [6.45, 7) is -0.690. The monoisotopic (exact) mass is 500 g/mol. The van der Waals surface area contributed by atoms with Crippen LogP contribution in [0.3, 0.4) is 0 Å². The molecule has 1 amide bonds. The molecule has 1 saturated heterocycles. The number of benzene rings is 2. The Kier molecular flexibility index (Phi) is 7.25. The number of halogens is 6. The first-order valence-corrected chi connectivity index (χ1v) is 10.2. The van der Waals surface area contributed by atoms with Crippen LogP contribution in [-0.2, 0) is 19.0 Å². The molecule has 1 fully saturated rings. The van der Waals surface area contributed by atoms with Gasteiger partial charge in [0.05, 0.1) is 23.1 Å². The van der Waals surface area contributed by atoms with E-state index in [1.165, 1.54) is 26.3 Å². The average Bonchev–Trinajstić information content (AvgIpc) is 3.11. The number of amides is 1. The number of methoxy groups -OCH3 is 1. The number of rotatable bonds is 5. The second-order valence-electron chi connectivity index (χ2n) is 6.88. The van der Waals surface area contributed by atoms with Crippen molar-refractivity contribution in [1.82, 2.24) is 5.32 Å². The lowest BCUT2D eigenvalue weighted by molar-refractivity contribution is -0.143. The highest BCUT2D eigenvalue weighted by Crippen LogP contribution is 2.38. The Bertz CT molecular complexity index is 1180. The minimum atomic E-state index is -5.03. The number of hydrogen-bond acceptors (Lipinski definition) is 5. The van der Waals surface area contributed by atoms with E-state index in [4.69, 9.17) is 17.3 Å². The fourth-order valence-electron chi connectivity index (χ4n) is 3.02. The topological polar surface area (TPSA) is 59.9 Å². The molecule has 0 bridgehead atoms. The minimum absolute atomic E-state index is 0.0205. The van der Waals surface area contributed by atoms with Gasteiger partial charge in [-0.05, 0) is 47.7 Å². The van der Waals surface area contributed by atoms with Gasteiger partial charge in [0, 0.05) is 12.6 Å². The van der Waals surface area contributed by atoms with Gasteiger partial charge in [-0.15, -0.1) is 0 Å². The van der Waals surface area contributed by atoms with Crippen LogP contribution in [0.4, 0.5) is 31.1 Å². The van der Waals surface area contributed by atoms with Gasteiger partial charge in [0.15, 0.2) is 11.5 Å². The predicted molar refractivity (Wildman–Crippen MR) is 117 cm³/mol. The molecule has 2 aromatic carbocycles. The van der Waals surface area contributed by atoms with Gasteiger partial charge in [-0.3, -0.25) is 9.79 Å². The third-order valence-corrected chi connectivity index (χ3v) is 5.48. The summed E-state index contributed by atoms with van der Waals surface area (Å²) < 4.78 is 89.4. The summed E-state index contributed by atoms with van der Waals surface area (Å²) in [6.07, 6.45) is -8.38. The van der Waals surface area contributed by atoms with Crippen molar-refractivity contribution in [3.05, 3.63) is 57.5 Å². The van der Waals surface area contributed by atoms with Gasteiger partial charge in [0.2, 0.25) is 0 Å². The Balaban J connectivity index is 1.91. The van der Waals surface area contributed by atoms with Crippen LogP contribution in [0, 0.1) is 0 Å². The first-order valence-electron chi connectivity index (χ1n) is 9.38. The molecule has 1 aliphatic rings. The number of hydrogen-bond donors (Lipinski definition) is 1. The zero-order valence-electron chi connectivity index (χ0n) is 17.6. The molecule has 178 valence electrons. The highest BCUT2D eigenvalue weighted by atomic mass is 32.2. The van der Waals surface area contributed by atoms with Gasteiger partial charge in [0.1, 0.15) is 20.3 Å². The molecule has 2 aromatic rings. The fraction of sp³-hybridized carbons (Fsp3) is 0.238. The molecule has 13 heteroatoms. The van der Waals surface area contributed by atoms with Crippen LogP contribution in [-0.4, -0.2) is 33.1 Å². The van der Waals surface area contributed by atoms with Crippen molar-refractivity contribution in [3.8, 4) is 11.5 Å². The van der Waals surface area contributed by atoms with Gasteiger partial charge in [-0.1, -0.05) is 11.5 Å². The largest absolute Gasteiger partial charge is 0.493 e. The van der Waals surface area contributed by atoms with Gasteiger partial charge in [0.25, 0.3) is 5.24 Å². The molecular formula is C21H15BF6N2O3S. The molecule has 0 aliphatic carbocycles. The number of ether oxygens (including phenoxy) is 2. The molecule has 1 N–H and O–H groups in total. The zero-order chi connectivity index (χ0) is 25.3. The summed E-state index contributed by atoms with van der Waals surface area (Å²) in [5.74, 6) is 0.433. The van der Waals surface area contributed by atoms with Crippen molar-refractivity contribution < 1.29 is 40.6 Å². The van der Waals surface area contributed by atoms with E-state index in [9.17, 15) is 31.1 Å². The second kappa shape index (κ2) is 9.65. The molecule has 1 aliphatic heterocycles. The quantitative estimate of drug-likeness (QED) is 0.468. The second-order valence-corrected chi connectivity index (χ2v) is 7.90. The predicted octanol–water partition coefficient (Wildman–Crippen LogP) is 4.93. The first-order chi connectivity index (χ1) is 15.8. The van der Waals surface area contributed by atoms with Crippen molar-refractivity contribution >= 4 is 42.2 Å². The summed E-state index contributed by atoms with van der Waals surface area (Å²) in [6, 6.07) is 4.07. The number of amidine groups is 1. The third kappa shape index (κ3) is 5.69. The standard InChI is InChI=1S/C21H15BF6N2O3S/c1-29-18-17(34-19(31)30-18)6-11-5-15(32-2)16(8-14(11)22)33-9-10-3-4-12(20(23,24)25)7-13(10)21(26,27)28/h3-8H,9H2,1-2H3,(H,29,30,31)/b17-6-. The van der Waals surface area contributed by atoms with E-state index in [0.29, 0.717) is 28.4 Å². The molecule has 0 unspecified atom stereocenters. The van der Waals surface area contributed by atoms with E-state index in [0.717, 1.165) is 11.8 Å². The lowest BCUT2D eigenvalue weighted by Crippen LogP contribution is -2.18. The summed E-state index contributed by atoms with van der Waals surface area (Å²) in [4.78, 5) is 16.0. The number of carbonyl (C=O) groups excluding carboxylic acids is 1. The molecule has 0 atom stereocenters. The molecule has 34 heavy (non-hydrogen) atoms. The van der Waals surface area contributed by atoms with E-state index < -0.39 is 35.6 Å². The molecule has 1 heterocycles. The number of alkyl halides is 6. The fourth-order valence-corrected chi connectivity index (χ4v) is 3.80. The van der Waals surface area contributed by atoms with Crippen LogP contribution < -0.4 is 20.3 Å². The number of aliphatic imine (C=N–C) groups is 1.